The molecule has 1 N–H and O–H groups in total. The van der Waals surface area contributed by atoms with E-state index in [0.717, 1.165) is 0 Å². The maximum absolute atomic E-state index is 11.2. The van der Waals surface area contributed by atoms with E-state index in [1.54, 1.807) is 24.5 Å². The summed E-state index contributed by atoms with van der Waals surface area (Å²) in [6.07, 6.45) is 3.19. The van der Waals surface area contributed by atoms with E-state index < -0.39 is 0 Å². The van der Waals surface area contributed by atoms with Gasteiger partial charge in [0.2, 0.25) is 0 Å². The highest BCUT2D eigenvalue weighted by molar-refractivity contribution is 6.04. The highest BCUT2D eigenvalue weighted by atomic mass is 16.1. The van der Waals surface area contributed by atoms with Crippen LogP contribution >= 0.6 is 0 Å². The Balaban J connectivity index is 2.53. The van der Waals surface area contributed by atoms with Crippen molar-refractivity contribution in [3.8, 4) is 0 Å². The number of hydrogen-bond acceptors (Lipinski definition) is 3. The summed E-state index contributed by atoms with van der Waals surface area (Å²) < 4.78 is 0. The molecule has 1 aromatic heterocycles. The molecule has 1 aliphatic rings. The van der Waals surface area contributed by atoms with Crippen LogP contribution in [0.1, 0.15) is 10.4 Å². The molecule has 2 heterocycles. The van der Waals surface area contributed by atoms with E-state index in [2.05, 4.69) is 15.3 Å². The molecule has 4 heteroatoms. The van der Waals surface area contributed by atoms with E-state index >= 15 is 0 Å². The van der Waals surface area contributed by atoms with Gasteiger partial charge < -0.3 is 5.32 Å². The number of aliphatic imine (C=N–C) groups is 1. The molecule has 12 heavy (non-hydrogen) atoms. The van der Waals surface area contributed by atoms with Gasteiger partial charge in [0.15, 0.2) is 0 Å². The Labute approximate surface area is 69.3 Å². The molecule has 1 amide bonds. The highest BCUT2D eigenvalue weighted by Gasteiger charge is 2.11. The molecule has 0 atom stereocenters. The van der Waals surface area contributed by atoms with Gasteiger partial charge in [0.1, 0.15) is 5.82 Å². The minimum Gasteiger partial charge on any atom is -0.364 e. The summed E-state index contributed by atoms with van der Waals surface area (Å²) in [6.45, 7) is 0.551. The Kier molecular flexibility index (Phi) is 1.59. The fourth-order valence-corrected chi connectivity index (χ4v) is 1.06. The maximum atomic E-state index is 11.2. The third-order valence-electron chi connectivity index (χ3n) is 1.61. The van der Waals surface area contributed by atoms with Crippen molar-refractivity contribution in [1.82, 2.24) is 4.98 Å². The van der Waals surface area contributed by atoms with Crippen molar-refractivity contribution in [2.45, 2.75) is 0 Å². The number of fused-ring (bicyclic) bond motifs is 1. The van der Waals surface area contributed by atoms with Gasteiger partial charge in [0.05, 0.1) is 12.1 Å². The fraction of sp³-hybridized carbons (Fsp3) is 0.125. The Morgan fingerprint density at radius 3 is 3.33 bits per heavy atom. The number of carbonyl (C=O) groups excluding carboxylic acids is 1. The van der Waals surface area contributed by atoms with Crippen LogP contribution in [-0.4, -0.2) is 23.7 Å². The van der Waals surface area contributed by atoms with Crippen molar-refractivity contribution in [2.75, 3.05) is 11.9 Å². The average molecular weight is 161 g/mol. The molecule has 0 spiro atoms. The second-order valence-corrected chi connectivity index (χ2v) is 2.40. The SMILES string of the molecule is O=C1N=CCNc2ncccc21. The molecule has 0 aromatic carbocycles. The highest BCUT2D eigenvalue weighted by Crippen LogP contribution is 2.13. The van der Waals surface area contributed by atoms with Crippen LogP contribution in [0.2, 0.25) is 0 Å². The molecular formula is C8H7N3O. The smallest absolute Gasteiger partial charge is 0.280 e. The zero-order valence-electron chi connectivity index (χ0n) is 6.32. The number of nitrogens with one attached hydrogen (secondary N) is 1. The Morgan fingerprint density at radius 2 is 2.42 bits per heavy atom. The number of carbonyl (C=O) groups is 1. The van der Waals surface area contributed by atoms with Crippen LogP contribution in [-0.2, 0) is 0 Å². The van der Waals surface area contributed by atoms with Gasteiger partial charge >= 0.3 is 0 Å². The van der Waals surface area contributed by atoms with Gasteiger partial charge in [-0.05, 0) is 12.1 Å². The molecule has 4 nitrogen and oxygen atoms in total. The van der Waals surface area contributed by atoms with Crippen LogP contribution < -0.4 is 5.32 Å². The number of hydrogen-bond donors (Lipinski definition) is 1. The number of rotatable bonds is 0. The van der Waals surface area contributed by atoms with Crippen molar-refractivity contribution in [2.24, 2.45) is 4.99 Å². The largest absolute Gasteiger partial charge is 0.364 e. The molecule has 0 radical (unpaired) electrons. The van der Waals surface area contributed by atoms with Gasteiger partial charge in [-0.1, -0.05) is 0 Å². The van der Waals surface area contributed by atoms with Crippen molar-refractivity contribution >= 4 is 17.9 Å². The molecule has 1 aliphatic heterocycles. The lowest BCUT2D eigenvalue weighted by atomic mass is 10.2. The van der Waals surface area contributed by atoms with Crippen molar-refractivity contribution in [3.63, 3.8) is 0 Å². The van der Waals surface area contributed by atoms with E-state index in [9.17, 15) is 4.79 Å². The first-order chi connectivity index (χ1) is 5.88. The second-order valence-electron chi connectivity index (χ2n) is 2.40. The number of nitrogens with zero attached hydrogens (tertiary/aromatic N) is 2. The van der Waals surface area contributed by atoms with Crippen LogP contribution in [0.5, 0.6) is 0 Å². The first-order valence-corrected chi connectivity index (χ1v) is 3.63. The van der Waals surface area contributed by atoms with E-state index in [1.165, 1.54) is 0 Å². The summed E-state index contributed by atoms with van der Waals surface area (Å²) in [7, 11) is 0. The normalized spacial score (nSPS) is 14.8. The lowest BCUT2D eigenvalue weighted by molar-refractivity contribution is 0.100. The summed E-state index contributed by atoms with van der Waals surface area (Å²) in [4.78, 5) is 18.9. The summed E-state index contributed by atoms with van der Waals surface area (Å²) in [5.41, 5.74) is 0.534. The average Bonchev–Trinajstić information content (AvgIpc) is 2.29. The van der Waals surface area contributed by atoms with Gasteiger partial charge in [-0.15, -0.1) is 0 Å². The Bertz CT molecular complexity index is 346. The van der Waals surface area contributed by atoms with Crippen LogP contribution in [0.4, 0.5) is 5.82 Å². The second kappa shape index (κ2) is 2.73. The predicted octanol–water partition coefficient (Wildman–Crippen LogP) is 0.718. The molecule has 1 aromatic rings. The molecular weight excluding hydrogens is 154 g/mol. The molecule has 0 saturated carbocycles. The molecule has 0 aliphatic carbocycles. The number of aromatic nitrogens is 1. The molecule has 0 saturated heterocycles. The molecule has 0 bridgehead atoms. The van der Waals surface area contributed by atoms with Crippen molar-refractivity contribution in [1.29, 1.82) is 0 Å². The third-order valence-corrected chi connectivity index (χ3v) is 1.61. The van der Waals surface area contributed by atoms with Crippen LogP contribution in [0.3, 0.4) is 0 Å². The van der Waals surface area contributed by atoms with Gasteiger partial charge in [0, 0.05) is 12.4 Å². The first-order valence-electron chi connectivity index (χ1n) is 3.63. The van der Waals surface area contributed by atoms with Gasteiger partial charge in [0.25, 0.3) is 5.91 Å². The molecule has 0 unspecified atom stereocenters. The Hall–Kier alpha value is -1.71. The molecule has 60 valence electrons. The zero-order chi connectivity index (χ0) is 8.39. The van der Waals surface area contributed by atoms with E-state index in [0.29, 0.717) is 17.9 Å². The summed E-state index contributed by atoms with van der Waals surface area (Å²) in [6, 6.07) is 3.43. The van der Waals surface area contributed by atoms with Gasteiger partial charge in [-0.25, -0.2) is 9.98 Å². The summed E-state index contributed by atoms with van der Waals surface area (Å²) in [5.74, 6) is 0.378. The topological polar surface area (TPSA) is 54.4 Å². The minimum atomic E-state index is -0.233. The third kappa shape index (κ3) is 1.07. The van der Waals surface area contributed by atoms with Gasteiger partial charge in [-0.2, -0.15) is 0 Å². The van der Waals surface area contributed by atoms with E-state index in [-0.39, 0.29) is 5.91 Å². The number of amides is 1. The van der Waals surface area contributed by atoms with E-state index in [1.807, 2.05) is 0 Å². The number of pyridine rings is 1. The monoisotopic (exact) mass is 161 g/mol. The first kappa shape index (κ1) is 6.97. The predicted molar refractivity (Wildman–Crippen MR) is 45.5 cm³/mol. The maximum Gasteiger partial charge on any atom is 0.280 e. The quantitative estimate of drug-likeness (QED) is 0.609. The lowest BCUT2D eigenvalue weighted by Crippen LogP contribution is -2.04. The lowest BCUT2D eigenvalue weighted by Gasteiger charge is -2.01. The van der Waals surface area contributed by atoms with E-state index in [4.69, 9.17) is 0 Å². The van der Waals surface area contributed by atoms with Crippen LogP contribution in [0.25, 0.3) is 0 Å². The standard InChI is InChI=1S/C8H7N3O/c12-8-6-2-1-3-9-7(6)10-4-5-11-8/h1-3,5H,4H2,(H,9,10). The molecule has 0 fully saturated rings. The Morgan fingerprint density at radius 1 is 1.50 bits per heavy atom. The number of anilines is 1. The van der Waals surface area contributed by atoms with Gasteiger partial charge in [-0.3, -0.25) is 4.79 Å². The minimum absolute atomic E-state index is 0.233. The zero-order valence-corrected chi connectivity index (χ0v) is 6.32. The molecule has 2 rings (SSSR count). The van der Waals surface area contributed by atoms with Crippen LogP contribution in [0, 0.1) is 0 Å². The summed E-state index contributed by atoms with van der Waals surface area (Å²) >= 11 is 0. The summed E-state index contributed by atoms with van der Waals surface area (Å²) in [5, 5.41) is 2.97. The fourth-order valence-electron chi connectivity index (χ4n) is 1.06. The van der Waals surface area contributed by atoms with Crippen molar-refractivity contribution < 1.29 is 4.79 Å². The van der Waals surface area contributed by atoms with Crippen LogP contribution in [0.15, 0.2) is 23.3 Å². The van der Waals surface area contributed by atoms with Crippen molar-refractivity contribution in [3.05, 3.63) is 23.9 Å².